The summed E-state index contributed by atoms with van der Waals surface area (Å²) in [7, 11) is 0. The maximum Gasteiger partial charge on any atom is 0.265 e. The van der Waals surface area contributed by atoms with Gasteiger partial charge in [0, 0.05) is 4.88 Å². The fourth-order valence-electron chi connectivity index (χ4n) is 2.58. The van der Waals surface area contributed by atoms with Crippen LogP contribution in [0.15, 0.2) is 66.0 Å². The van der Waals surface area contributed by atoms with Crippen LogP contribution in [-0.2, 0) is 17.8 Å². The van der Waals surface area contributed by atoms with Crippen molar-refractivity contribution in [2.75, 3.05) is 11.5 Å². The number of ether oxygens (including phenoxy) is 1. The maximum atomic E-state index is 12.9. The van der Waals surface area contributed by atoms with Gasteiger partial charge < -0.3 is 9.64 Å². The van der Waals surface area contributed by atoms with Crippen molar-refractivity contribution >= 4 is 34.5 Å². The van der Waals surface area contributed by atoms with Crippen LogP contribution in [0.2, 0.25) is 5.02 Å². The molecule has 3 nitrogen and oxygen atoms in total. The summed E-state index contributed by atoms with van der Waals surface area (Å²) < 4.78 is 5.70. The molecule has 1 heterocycles. The Labute approximate surface area is 162 Å². The number of nitrogens with zero attached hydrogens (tertiary/aromatic N) is 1. The fourth-order valence-corrected chi connectivity index (χ4v) is 3.51. The molecule has 2 aromatic carbocycles. The quantitative estimate of drug-likeness (QED) is 0.531. The summed E-state index contributed by atoms with van der Waals surface area (Å²) in [6.07, 6.45) is 0.973. The Morgan fingerprint density at radius 1 is 1.08 bits per heavy atom. The van der Waals surface area contributed by atoms with Crippen LogP contribution in [0.1, 0.15) is 17.4 Å². The average Bonchev–Trinajstić information content (AvgIpc) is 3.18. The average molecular weight is 386 g/mol. The third-order valence-corrected chi connectivity index (χ3v) is 5.21. The summed E-state index contributed by atoms with van der Waals surface area (Å²) >= 11 is 7.93. The first-order chi connectivity index (χ1) is 12.7. The van der Waals surface area contributed by atoms with Crippen molar-refractivity contribution in [2.45, 2.75) is 19.9 Å². The molecule has 0 unspecified atom stereocenters. The van der Waals surface area contributed by atoms with Crippen molar-refractivity contribution in [1.29, 1.82) is 0 Å². The Balaban J connectivity index is 1.74. The zero-order chi connectivity index (χ0) is 18.4. The lowest BCUT2D eigenvalue weighted by atomic mass is 10.2. The first kappa shape index (κ1) is 18.5. The van der Waals surface area contributed by atoms with Gasteiger partial charge in [-0.1, -0.05) is 48.9 Å². The second kappa shape index (κ2) is 8.88. The normalized spacial score (nSPS) is 10.5. The zero-order valence-corrected chi connectivity index (χ0v) is 16.1. The van der Waals surface area contributed by atoms with Crippen LogP contribution in [0.5, 0.6) is 5.75 Å². The summed E-state index contributed by atoms with van der Waals surface area (Å²) in [5, 5.41) is 2.54. The van der Waals surface area contributed by atoms with E-state index in [0.29, 0.717) is 23.0 Å². The van der Waals surface area contributed by atoms with Gasteiger partial charge in [-0.15, -0.1) is 11.3 Å². The van der Waals surface area contributed by atoms with E-state index in [1.807, 2.05) is 60.0 Å². The highest BCUT2D eigenvalue weighted by molar-refractivity contribution is 7.09. The van der Waals surface area contributed by atoms with Crippen LogP contribution in [-0.4, -0.2) is 12.5 Å². The summed E-state index contributed by atoms with van der Waals surface area (Å²) in [6.45, 7) is 2.53. The number of thiophene rings is 1. The number of halogens is 1. The topological polar surface area (TPSA) is 29.5 Å². The molecule has 0 saturated carbocycles. The first-order valence-corrected chi connectivity index (χ1v) is 9.72. The van der Waals surface area contributed by atoms with Crippen molar-refractivity contribution in [2.24, 2.45) is 0 Å². The number of carbonyl (C=O) groups is 1. The van der Waals surface area contributed by atoms with E-state index >= 15 is 0 Å². The van der Waals surface area contributed by atoms with Crippen LogP contribution in [0.25, 0.3) is 0 Å². The molecular formula is C21H20ClNO2S. The number of para-hydroxylation sites is 1. The molecule has 26 heavy (non-hydrogen) atoms. The second-order valence-corrected chi connectivity index (χ2v) is 7.24. The molecule has 1 aromatic heterocycles. The molecule has 0 aliphatic rings. The molecule has 0 aliphatic carbocycles. The predicted molar refractivity (Wildman–Crippen MR) is 108 cm³/mol. The van der Waals surface area contributed by atoms with Gasteiger partial charge in [0.05, 0.1) is 17.3 Å². The Hall–Kier alpha value is -2.30. The standard InChI is InChI=1S/C21H20ClNO2S/c1-2-16-9-11-17(12-10-16)25-15-21(24)23(14-18-6-5-13-26-18)20-8-4-3-7-19(20)22/h3-13H,2,14-15H2,1H3. The molecule has 0 N–H and O–H groups in total. The van der Waals surface area contributed by atoms with Crippen molar-refractivity contribution < 1.29 is 9.53 Å². The zero-order valence-electron chi connectivity index (χ0n) is 14.5. The van der Waals surface area contributed by atoms with Gasteiger partial charge in [-0.05, 0) is 47.7 Å². The molecule has 0 radical (unpaired) electrons. The number of benzene rings is 2. The van der Waals surface area contributed by atoms with Gasteiger partial charge in [0.25, 0.3) is 5.91 Å². The minimum atomic E-state index is -0.133. The van der Waals surface area contributed by atoms with Gasteiger partial charge in [0.1, 0.15) is 5.75 Å². The van der Waals surface area contributed by atoms with Crippen LogP contribution >= 0.6 is 22.9 Å². The smallest absolute Gasteiger partial charge is 0.265 e. The number of anilines is 1. The number of rotatable bonds is 7. The molecule has 3 rings (SSSR count). The molecule has 0 bridgehead atoms. The number of carbonyl (C=O) groups excluding carboxylic acids is 1. The van der Waals surface area contributed by atoms with Crippen LogP contribution in [0, 0.1) is 0 Å². The van der Waals surface area contributed by atoms with Gasteiger partial charge in [0.15, 0.2) is 6.61 Å². The van der Waals surface area contributed by atoms with E-state index in [1.54, 1.807) is 22.3 Å². The molecular weight excluding hydrogens is 366 g/mol. The van der Waals surface area contributed by atoms with E-state index < -0.39 is 0 Å². The number of hydrogen-bond donors (Lipinski definition) is 0. The minimum absolute atomic E-state index is 0.0396. The summed E-state index contributed by atoms with van der Waals surface area (Å²) in [6, 6.07) is 19.2. The highest BCUT2D eigenvalue weighted by Gasteiger charge is 2.19. The first-order valence-electron chi connectivity index (χ1n) is 8.46. The summed E-state index contributed by atoms with van der Waals surface area (Å²) in [5.74, 6) is 0.553. The van der Waals surface area contributed by atoms with Gasteiger partial charge in [0.2, 0.25) is 0 Å². The Morgan fingerprint density at radius 2 is 1.85 bits per heavy atom. The minimum Gasteiger partial charge on any atom is -0.484 e. The Kier molecular flexibility index (Phi) is 6.31. The Morgan fingerprint density at radius 3 is 2.50 bits per heavy atom. The van der Waals surface area contributed by atoms with E-state index in [9.17, 15) is 4.79 Å². The lowest BCUT2D eigenvalue weighted by Gasteiger charge is -2.23. The lowest BCUT2D eigenvalue weighted by Crippen LogP contribution is -2.34. The summed E-state index contributed by atoms with van der Waals surface area (Å²) in [4.78, 5) is 15.6. The third kappa shape index (κ3) is 4.65. The third-order valence-electron chi connectivity index (χ3n) is 4.03. The SMILES string of the molecule is CCc1ccc(OCC(=O)N(Cc2cccs2)c2ccccc2Cl)cc1. The molecule has 0 saturated heterocycles. The number of hydrogen-bond acceptors (Lipinski definition) is 3. The van der Waals surface area contributed by atoms with Crippen molar-refractivity contribution in [3.8, 4) is 5.75 Å². The number of amides is 1. The van der Waals surface area contributed by atoms with Gasteiger partial charge in [-0.25, -0.2) is 0 Å². The largest absolute Gasteiger partial charge is 0.484 e. The highest BCUT2D eigenvalue weighted by Crippen LogP contribution is 2.28. The van der Waals surface area contributed by atoms with Crippen molar-refractivity contribution in [3.63, 3.8) is 0 Å². The van der Waals surface area contributed by atoms with E-state index in [-0.39, 0.29) is 12.5 Å². The highest BCUT2D eigenvalue weighted by atomic mass is 35.5. The van der Waals surface area contributed by atoms with E-state index in [2.05, 4.69) is 6.92 Å². The second-order valence-electron chi connectivity index (χ2n) is 5.80. The molecule has 134 valence electrons. The molecule has 0 fully saturated rings. The van der Waals surface area contributed by atoms with Crippen LogP contribution in [0.3, 0.4) is 0 Å². The monoisotopic (exact) mass is 385 g/mol. The van der Waals surface area contributed by atoms with Gasteiger partial charge in [-0.2, -0.15) is 0 Å². The van der Waals surface area contributed by atoms with Gasteiger partial charge >= 0.3 is 0 Å². The molecule has 0 spiro atoms. The van der Waals surface area contributed by atoms with E-state index in [4.69, 9.17) is 16.3 Å². The maximum absolute atomic E-state index is 12.9. The van der Waals surface area contributed by atoms with Crippen molar-refractivity contribution in [3.05, 3.63) is 81.5 Å². The van der Waals surface area contributed by atoms with Crippen LogP contribution in [0.4, 0.5) is 5.69 Å². The van der Waals surface area contributed by atoms with Crippen molar-refractivity contribution in [1.82, 2.24) is 0 Å². The van der Waals surface area contributed by atoms with Crippen LogP contribution < -0.4 is 9.64 Å². The molecule has 0 aliphatic heterocycles. The van der Waals surface area contributed by atoms with Gasteiger partial charge in [-0.3, -0.25) is 4.79 Å². The summed E-state index contributed by atoms with van der Waals surface area (Å²) in [5.41, 5.74) is 1.93. The molecule has 3 aromatic rings. The molecule has 1 amide bonds. The molecule has 0 atom stereocenters. The van der Waals surface area contributed by atoms with E-state index in [0.717, 1.165) is 11.3 Å². The predicted octanol–water partition coefficient (Wildman–Crippen LogP) is 5.58. The number of aryl methyl sites for hydroxylation is 1. The fraction of sp³-hybridized carbons (Fsp3) is 0.190. The Bertz CT molecular complexity index is 847. The molecule has 5 heteroatoms. The van der Waals surface area contributed by atoms with E-state index in [1.165, 1.54) is 5.56 Å². The lowest BCUT2D eigenvalue weighted by molar-refractivity contribution is -0.120.